The molecule has 1 unspecified atom stereocenters. The zero-order valence-electron chi connectivity index (χ0n) is 10.8. The summed E-state index contributed by atoms with van der Waals surface area (Å²) in [5, 5.41) is 18.2. The van der Waals surface area contributed by atoms with E-state index in [-0.39, 0.29) is 19.3 Å². The van der Waals surface area contributed by atoms with Crippen molar-refractivity contribution in [1.82, 2.24) is 0 Å². The molecule has 0 heterocycles. The Labute approximate surface area is 113 Å². The van der Waals surface area contributed by atoms with Crippen molar-refractivity contribution in [2.45, 2.75) is 19.1 Å². The van der Waals surface area contributed by atoms with E-state index in [1.165, 1.54) is 0 Å². The summed E-state index contributed by atoms with van der Waals surface area (Å²) in [6.07, 6.45) is 0.562. The second-order valence-electron chi connectivity index (χ2n) is 4.56. The van der Waals surface area contributed by atoms with E-state index in [2.05, 4.69) is 0 Å². The quantitative estimate of drug-likeness (QED) is 0.769. The van der Waals surface area contributed by atoms with Crippen LogP contribution in [0.5, 0.6) is 0 Å². The first-order valence-electron chi connectivity index (χ1n) is 6.41. The molecule has 0 bridgehead atoms. The number of aliphatic hydroxyl groups is 2. The first-order valence-corrected chi connectivity index (χ1v) is 6.41. The third-order valence-corrected chi connectivity index (χ3v) is 3.28. The Morgan fingerprint density at radius 1 is 0.947 bits per heavy atom. The van der Waals surface area contributed by atoms with Crippen LogP contribution < -0.4 is 5.73 Å². The summed E-state index contributed by atoms with van der Waals surface area (Å²) >= 11 is 0. The SMILES string of the molecule is NC(CCO)c1ccc(-c2ccccc2CO)cc1. The van der Waals surface area contributed by atoms with Gasteiger partial charge in [-0.15, -0.1) is 0 Å². The molecule has 19 heavy (non-hydrogen) atoms. The Morgan fingerprint density at radius 2 is 1.63 bits per heavy atom. The molecule has 0 fully saturated rings. The highest BCUT2D eigenvalue weighted by Gasteiger charge is 2.07. The van der Waals surface area contributed by atoms with Crippen molar-refractivity contribution in [2.24, 2.45) is 5.73 Å². The number of benzene rings is 2. The van der Waals surface area contributed by atoms with E-state index in [0.29, 0.717) is 6.42 Å². The molecule has 3 heteroatoms. The topological polar surface area (TPSA) is 66.5 Å². The molecule has 0 aliphatic rings. The molecule has 2 aromatic carbocycles. The summed E-state index contributed by atoms with van der Waals surface area (Å²) in [7, 11) is 0. The molecule has 100 valence electrons. The Bertz CT molecular complexity index is 523. The molecule has 4 N–H and O–H groups in total. The van der Waals surface area contributed by atoms with Gasteiger partial charge in [-0.1, -0.05) is 48.5 Å². The lowest BCUT2D eigenvalue weighted by Gasteiger charge is -2.12. The summed E-state index contributed by atoms with van der Waals surface area (Å²) in [5.41, 5.74) is 9.97. The molecule has 0 aliphatic heterocycles. The zero-order valence-corrected chi connectivity index (χ0v) is 10.8. The minimum Gasteiger partial charge on any atom is -0.396 e. The molecule has 0 radical (unpaired) electrons. The van der Waals surface area contributed by atoms with Gasteiger partial charge in [-0.25, -0.2) is 0 Å². The molecule has 0 spiro atoms. The fourth-order valence-electron chi connectivity index (χ4n) is 2.16. The van der Waals surface area contributed by atoms with E-state index in [0.717, 1.165) is 22.3 Å². The van der Waals surface area contributed by atoms with Crippen LogP contribution >= 0.6 is 0 Å². The van der Waals surface area contributed by atoms with Crippen LogP contribution in [0.3, 0.4) is 0 Å². The van der Waals surface area contributed by atoms with Gasteiger partial charge in [-0.3, -0.25) is 0 Å². The van der Waals surface area contributed by atoms with Crippen LogP contribution in [0.25, 0.3) is 11.1 Å². The summed E-state index contributed by atoms with van der Waals surface area (Å²) in [5.74, 6) is 0. The maximum Gasteiger partial charge on any atom is 0.0687 e. The predicted octanol–water partition coefficient (Wildman–Crippen LogP) is 2.23. The van der Waals surface area contributed by atoms with Gasteiger partial charge in [-0.2, -0.15) is 0 Å². The molecule has 2 aromatic rings. The zero-order chi connectivity index (χ0) is 13.7. The lowest BCUT2D eigenvalue weighted by molar-refractivity contribution is 0.276. The molecule has 0 aliphatic carbocycles. The molecule has 0 amide bonds. The third-order valence-electron chi connectivity index (χ3n) is 3.28. The Balaban J connectivity index is 2.27. The van der Waals surface area contributed by atoms with Gasteiger partial charge in [0, 0.05) is 12.6 Å². The van der Waals surface area contributed by atoms with Gasteiger partial charge in [0.15, 0.2) is 0 Å². The highest BCUT2D eigenvalue weighted by Crippen LogP contribution is 2.25. The van der Waals surface area contributed by atoms with Crippen LogP contribution in [0.15, 0.2) is 48.5 Å². The van der Waals surface area contributed by atoms with Gasteiger partial charge in [-0.05, 0) is 28.7 Å². The standard InChI is InChI=1S/C16H19NO2/c17-16(9-10-18)13-7-5-12(6-8-13)15-4-2-1-3-14(15)11-19/h1-8,16,18-19H,9-11,17H2. The maximum absolute atomic E-state index is 9.34. The van der Waals surface area contributed by atoms with Crippen molar-refractivity contribution in [3.05, 3.63) is 59.7 Å². The average Bonchev–Trinajstić information content (AvgIpc) is 2.47. The molecule has 3 nitrogen and oxygen atoms in total. The highest BCUT2D eigenvalue weighted by molar-refractivity contribution is 5.67. The summed E-state index contributed by atoms with van der Waals surface area (Å²) in [4.78, 5) is 0. The van der Waals surface area contributed by atoms with E-state index >= 15 is 0 Å². The van der Waals surface area contributed by atoms with Crippen LogP contribution in [-0.4, -0.2) is 16.8 Å². The van der Waals surface area contributed by atoms with Crippen LogP contribution in [0.4, 0.5) is 0 Å². The molecular weight excluding hydrogens is 238 g/mol. The van der Waals surface area contributed by atoms with Gasteiger partial charge in [0.05, 0.1) is 6.61 Å². The second kappa shape index (κ2) is 6.48. The van der Waals surface area contributed by atoms with Crippen molar-refractivity contribution in [2.75, 3.05) is 6.61 Å². The number of nitrogens with two attached hydrogens (primary N) is 1. The monoisotopic (exact) mass is 257 g/mol. The predicted molar refractivity (Wildman–Crippen MR) is 76.4 cm³/mol. The van der Waals surface area contributed by atoms with Gasteiger partial charge in [0.25, 0.3) is 0 Å². The molecule has 0 saturated heterocycles. The van der Waals surface area contributed by atoms with Crippen molar-refractivity contribution < 1.29 is 10.2 Å². The lowest BCUT2D eigenvalue weighted by Crippen LogP contribution is -2.11. The second-order valence-corrected chi connectivity index (χ2v) is 4.56. The third kappa shape index (κ3) is 3.20. The Morgan fingerprint density at radius 3 is 2.26 bits per heavy atom. The molecule has 1 atom stereocenters. The van der Waals surface area contributed by atoms with E-state index in [1.54, 1.807) is 0 Å². The van der Waals surface area contributed by atoms with Gasteiger partial charge in [0.2, 0.25) is 0 Å². The summed E-state index contributed by atoms with van der Waals surface area (Å²) in [6.45, 7) is 0.123. The van der Waals surface area contributed by atoms with Crippen molar-refractivity contribution in [3.63, 3.8) is 0 Å². The van der Waals surface area contributed by atoms with E-state index in [9.17, 15) is 5.11 Å². The molecule has 2 rings (SSSR count). The van der Waals surface area contributed by atoms with E-state index in [1.807, 2.05) is 48.5 Å². The van der Waals surface area contributed by atoms with Gasteiger partial charge < -0.3 is 15.9 Å². The van der Waals surface area contributed by atoms with Crippen molar-refractivity contribution in [1.29, 1.82) is 0 Å². The number of rotatable bonds is 5. The van der Waals surface area contributed by atoms with Crippen molar-refractivity contribution in [3.8, 4) is 11.1 Å². The Hall–Kier alpha value is -1.68. The molecule has 0 aromatic heterocycles. The van der Waals surface area contributed by atoms with Crippen LogP contribution in [0.2, 0.25) is 0 Å². The van der Waals surface area contributed by atoms with Crippen LogP contribution in [0, 0.1) is 0 Å². The fourth-order valence-corrected chi connectivity index (χ4v) is 2.16. The van der Waals surface area contributed by atoms with E-state index in [4.69, 9.17) is 10.8 Å². The summed E-state index contributed by atoms with van der Waals surface area (Å²) in [6, 6.07) is 15.6. The smallest absolute Gasteiger partial charge is 0.0687 e. The normalized spacial score (nSPS) is 12.4. The largest absolute Gasteiger partial charge is 0.396 e. The van der Waals surface area contributed by atoms with Gasteiger partial charge in [0.1, 0.15) is 0 Å². The number of hydrogen-bond donors (Lipinski definition) is 3. The van der Waals surface area contributed by atoms with Crippen LogP contribution in [-0.2, 0) is 6.61 Å². The number of aliphatic hydroxyl groups excluding tert-OH is 2. The minimum atomic E-state index is -0.132. The average molecular weight is 257 g/mol. The maximum atomic E-state index is 9.34. The van der Waals surface area contributed by atoms with Crippen molar-refractivity contribution >= 4 is 0 Å². The summed E-state index contributed by atoms with van der Waals surface area (Å²) < 4.78 is 0. The molecule has 0 saturated carbocycles. The van der Waals surface area contributed by atoms with Gasteiger partial charge >= 0.3 is 0 Å². The van der Waals surface area contributed by atoms with Crippen LogP contribution in [0.1, 0.15) is 23.6 Å². The Kier molecular flexibility index (Phi) is 4.68. The number of hydrogen-bond acceptors (Lipinski definition) is 3. The van der Waals surface area contributed by atoms with E-state index < -0.39 is 0 Å². The minimum absolute atomic E-state index is 0.0297. The first-order chi connectivity index (χ1) is 9.26. The first kappa shape index (κ1) is 13.7. The lowest BCUT2D eigenvalue weighted by atomic mass is 9.97. The fraction of sp³-hybridized carbons (Fsp3) is 0.250. The highest BCUT2D eigenvalue weighted by atomic mass is 16.3. The molecular formula is C16H19NO2.